The minimum atomic E-state index is 0.153. The lowest BCUT2D eigenvalue weighted by molar-refractivity contribution is 0.0955. The number of nitrogens with zero attached hydrogens (tertiary/aromatic N) is 1. The Labute approximate surface area is 80.9 Å². The van der Waals surface area contributed by atoms with Gasteiger partial charge in [-0.15, -0.1) is 0 Å². The Morgan fingerprint density at radius 3 is 2.38 bits per heavy atom. The van der Waals surface area contributed by atoms with Gasteiger partial charge in [0.25, 0.3) is 0 Å². The van der Waals surface area contributed by atoms with Gasteiger partial charge in [0.15, 0.2) is 0 Å². The molecule has 1 rings (SSSR count). The summed E-state index contributed by atoms with van der Waals surface area (Å²) in [6.07, 6.45) is 2.71. The second-order valence-electron chi connectivity index (χ2n) is 4.31. The van der Waals surface area contributed by atoms with E-state index in [1.807, 2.05) is 0 Å². The van der Waals surface area contributed by atoms with E-state index >= 15 is 0 Å². The highest BCUT2D eigenvalue weighted by atomic mass is 16.3. The predicted molar refractivity (Wildman–Crippen MR) is 54.5 cm³/mol. The first-order chi connectivity index (χ1) is 6.19. The zero-order chi connectivity index (χ0) is 9.84. The average Bonchev–Trinajstić information content (AvgIpc) is 2.88. The maximum Gasteiger partial charge on any atom is 0.0599 e. The van der Waals surface area contributed by atoms with E-state index in [-0.39, 0.29) is 12.6 Å². The molecule has 0 aromatic carbocycles. The van der Waals surface area contributed by atoms with Crippen LogP contribution < -0.4 is 5.73 Å². The molecule has 0 aromatic heterocycles. The Morgan fingerprint density at radius 1 is 1.46 bits per heavy atom. The summed E-state index contributed by atoms with van der Waals surface area (Å²) in [7, 11) is 0. The molecule has 0 amide bonds. The smallest absolute Gasteiger partial charge is 0.0599 e. The lowest BCUT2D eigenvalue weighted by atomic mass is 10.2. The first-order valence-electron chi connectivity index (χ1n) is 5.25. The van der Waals surface area contributed by atoms with Gasteiger partial charge in [-0.2, -0.15) is 0 Å². The van der Waals surface area contributed by atoms with Crippen LogP contribution in [0.3, 0.4) is 0 Å². The number of aliphatic hydroxyl groups is 1. The quantitative estimate of drug-likeness (QED) is 0.632. The third-order valence-electron chi connectivity index (χ3n) is 2.78. The lowest BCUT2D eigenvalue weighted by Crippen LogP contribution is -2.47. The van der Waals surface area contributed by atoms with Crippen LogP contribution in [0.15, 0.2) is 0 Å². The van der Waals surface area contributed by atoms with Crippen LogP contribution in [0.5, 0.6) is 0 Å². The minimum absolute atomic E-state index is 0.153. The van der Waals surface area contributed by atoms with E-state index in [9.17, 15) is 0 Å². The van der Waals surface area contributed by atoms with Crippen LogP contribution in [0.25, 0.3) is 0 Å². The fourth-order valence-electron chi connectivity index (χ4n) is 1.69. The van der Waals surface area contributed by atoms with Crippen molar-refractivity contribution in [1.29, 1.82) is 0 Å². The molecule has 3 heteroatoms. The molecule has 1 saturated carbocycles. The monoisotopic (exact) mass is 186 g/mol. The standard InChI is InChI=1S/C10H22N2O/c1-8(2)12(6-9-3-4-9)10(5-11)7-13/h8-10,13H,3-7,11H2,1-2H3. The fourth-order valence-corrected chi connectivity index (χ4v) is 1.69. The highest BCUT2D eigenvalue weighted by Gasteiger charge is 2.28. The number of nitrogens with two attached hydrogens (primary N) is 1. The van der Waals surface area contributed by atoms with Gasteiger partial charge in [0.2, 0.25) is 0 Å². The molecular formula is C10H22N2O. The van der Waals surface area contributed by atoms with Crippen LogP contribution in [0, 0.1) is 5.92 Å². The Hall–Kier alpha value is -0.120. The summed E-state index contributed by atoms with van der Waals surface area (Å²) in [5, 5.41) is 9.16. The molecule has 0 spiro atoms. The molecule has 1 atom stereocenters. The molecule has 0 radical (unpaired) electrons. The van der Waals surface area contributed by atoms with Crippen molar-refractivity contribution in [2.24, 2.45) is 11.7 Å². The van der Waals surface area contributed by atoms with E-state index in [1.54, 1.807) is 0 Å². The minimum Gasteiger partial charge on any atom is -0.395 e. The first-order valence-corrected chi connectivity index (χ1v) is 5.25. The van der Waals surface area contributed by atoms with E-state index in [2.05, 4.69) is 18.7 Å². The van der Waals surface area contributed by atoms with Crippen LogP contribution in [0.1, 0.15) is 26.7 Å². The third kappa shape index (κ3) is 3.25. The number of aliphatic hydroxyl groups excluding tert-OH is 1. The van der Waals surface area contributed by atoms with E-state index in [1.165, 1.54) is 12.8 Å². The fraction of sp³-hybridized carbons (Fsp3) is 1.00. The van der Waals surface area contributed by atoms with Gasteiger partial charge in [0.05, 0.1) is 6.61 Å². The Morgan fingerprint density at radius 2 is 2.08 bits per heavy atom. The van der Waals surface area contributed by atoms with Gasteiger partial charge < -0.3 is 10.8 Å². The van der Waals surface area contributed by atoms with Crippen molar-refractivity contribution in [3.8, 4) is 0 Å². The lowest BCUT2D eigenvalue weighted by Gasteiger charge is -2.33. The van der Waals surface area contributed by atoms with Gasteiger partial charge in [-0.25, -0.2) is 0 Å². The molecule has 0 aliphatic heterocycles. The Bertz CT molecular complexity index is 142. The van der Waals surface area contributed by atoms with Crippen molar-refractivity contribution in [2.75, 3.05) is 19.7 Å². The molecule has 0 heterocycles. The average molecular weight is 186 g/mol. The molecule has 1 aliphatic rings. The van der Waals surface area contributed by atoms with Crippen molar-refractivity contribution in [3.63, 3.8) is 0 Å². The molecule has 78 valence electrons. The van der Waals surface area contributed by atoms with Crippen molar-refractivity contribution in [1.82, 2.24) is 4.90 Å². The SMILES string of the molecule is CC(C)N(CC1CC1)C(CN)CO. The van der Waals surface area contributed by atoms with Gasteiger partial charge in [-0.3, -0.25) is 4.90 Å². The summed E-state index contributed by atoms with van der Waals surface area (Å²) in [6, 6.07) is 0.641. The van der Waals surface area contributed by atoms with Crippen molar-refractivity contribution in [2.45, 2.75) is 38.8 Å². The van der Waals surface area contributed by atoms with E-state index < -0.39 is 0 Å². The Kier molecular flexibility index (Phi) is 4.16. The van der Waals surface area contributed by atoms with E-state index in [0.717, 1.165) is 12.5 Å². The van der Waals surface area contributed by atoms with E-state index in [0.29, 0.717) is 12.6 Å². The van der Waals surface area contributed by atoms with Crippen molar-refractivity contribution < 1.29 is 5.11 Å². The summed E-state index contributed by atoms with van der Waals surface area (Å²) in [5.74, 6) is 0.864. The number of rotatable bonds is 6. The molecule has 0 bridgehead atoms. The second-order valence-corrected chi connectivity index (χ2v) is 4.31. The number of hydrogen-bond acceptors (Lipinski definition) is 3. The summed E-state index contributed by atoms with van der Waals surface area (Å²) in [6.45, 7) is 6.18. The maximum atomic E-state index is 9.16. The molecule has 1 unspecified atom stereocenters. The van der Waals surface area contributed by atoms with Gasteiger partial charge in [0, 0.05) is 25.2 Å². The molecule has 1 aliphatic carbocycles. The first kappa shape index (κ1) is 11.0. The summed E-state index contributed by atoms with van der Waals surface area (Å²) in [5.41, 5.74) is 5.62. The highest BCUT2D eigenvalue weighted by Crippen LogP contribution is 2.30. The molecule has 0 aromatic rings. The normalized spacial score (nSPS) is 19.8. The maximum absolute atomic E-state index is 9.16. The van der Waals surface area contributed by atoms with Gasteiger partial charge in [-0.05, 0) is 32.6 Å². The molecule has 3 nitrogen and oxygen atoms in total. The van der Waals surface area contributed by atoms with Crippen LogP contribution in [-0.4, -0.2) is 41.8 Å². The van der Waals surface area contributed by atoms with Crippen LogP contribution in [0.2, 0.25) is 0 Å². The Balaban J connectivity index is 2.42. The number of hydrogen-bond donors (Lipinski definition) is 2. The molecule has 0 saturated heterocycles. The largest absolute Gasteiger partial charge is 0.395 e. The van der Waals surface area contributed by atoms with Crippen molar-refractivity contribution in [3.05, 3.63) is 0 Å². The van der Waals surface area contributed by atoms with Crippen LogP contribution in [-0.2, 0) is 0 Å². The molecule has 13 heavy (non-hydrogen) atoms. The van der Waals surface area contributed by atoms with Crippen molar-refractivity contribution >= 4 is 0 Å². The van der Waals surface area contributed by atoms with E-state index in [4.69, 9.17) is 10.8 Å². The zero-order valence-corrected chi connectivity index (χ0v) is 8.74. The van der Waals surface area contributed by atoms with Gasteiger partial charge in [0.1, 0.15) is 0 Å². The third-order valence-corrected chi connectivity index (χ3v) is 2.78. The van der Waals surface area contributed by atoms with Gasteiger partial charge in [-0.1, -0.05) is 0 Å². The van der Waals surface area contributed by atoms with Crippen LogP contribution in [0.4, 0.5) is 0 Å². The summed E-state index contributed by atoms with van der Waals surface area (Å²) in [4.78, 5) is 2.33. The zero-order valence-electron chi connectivity index (χ0n) is 8.74. The highest BCUT2D eigenvalue weighted by molar-refractivity contribution is 4.83. The summed E-state index contributed by atoms with van der Waals surface area (Å²) >= 11 is 0. The molecule has 1 fully saturated rings. The predicted octanol–water partition coefficient (Wildman–Crippen LogP) is 0.426. The molecular weight excluding hydrogens is 164 g/mol. The topological polar surface area (TPSA) is 49.5 Å². The summed E-state index contributed by atoms with van der Waals surface area (Å²) < 4.78 is 0. The molecule has 3 N–H and O–H groups in total. The van der Waals surface area contributed by atoms with Gasteiger partial charge >= 0.3 is 0 Å². The van der Waals surface area contributed by atoms with Crippen LogP contribution >= 0.6 is 0 Å². The second kappa shape index (κ2) is 4.94.